The Kier molecular flexibility index (Phi) is 6.18. The molecular weight excluding hydrogens is 280 g/mol. The van der Waals surface area contributed by atoms with Crippen LogP contribution in [0.15, 0.2) is 0 Å². The van der Waals surface area contributed by atoms with Crippen molar-refractivity contribution < 1.29 is 33.3 Å². The van der Waals surface area contributed by atoms with E-state index in [1.54, 1.807) is 0 Å². The normalized spacial score (nSPS) is 28.1. The Balaban J connectivity index is 2.83. The van der Waals surface area contributed by atoms with Crippen molar-refractivity contribution in [3.63, 3.8) is 0 Å². The highest BCUT2D eigenvalue weighted by molar-refractivity contribution is 5.67. The van der Waals surface area contributed by atoms with Crippen LogP contribution in [0.5, 0.6) is 0 Å². The third-order valence-electron chi connectivity index (χ3n) is 2.76. The monoisotopic (exact) mass is 298 g/mol. The van der Waals surface area contributed by atoms with Gasteiger partial charge in [0.25, 0.3) is 0 Å². The van der Waals surface area contributed by atoms with E-state index in [1.165, 1.54) is 20.8 Å². The molecule has 0 bridgehead atoms. The fourth-order valence-electron chi connectivity index (χ4n) is 2.04. The number of esters is 3. The SMILES string of the molecule is C#C[C@@H]1OC(COC(C)=O)C[C@@H](OC(C)=O)[C@H]1OC(C)=O. The summed E-state index contributed by atoms with van der Waals surface area (Å²) in [6.07, 6.45) is 2.53. The molecule has 7 nitrogen and oxygen atoms in total. The lowest BCUT2D eigenvalue weighted by Crippen LogP contribution is -2.52. The molecule has 1 saturated heterocycles. The van der Waals surface area contributed by atoms with Gasteiger partial charge in [-0.2, -0.15) is 0 Å². The molecule has 0 spiro atoms. The van der Waals surface area contributed by atoms with Crippen LogP contribution >= 0.6 is 0 Å². The minimum absolute atomic E-state index is 0.0158. The summed E-state index contributed by atoms with van der Waals surface area (Å²) < 4.78 is 20.6. The van der Waals surface area contributed by atoms with E-state index in [2.05, 4.69) is 5.92 Å². The zero-order valence-electron chi connectivity index (χ0n) is 12.2. The predicted molar refractivity (Wildman–Crippen MR) is 69.9 cm³/mol. The number of carbonyl (C=O) groups excluding carboxylic acids is 3. The summed E-state index contributed by atoms with van der Waals surface area (Å²) in [5.74, 6) is 0.810. The average Bonchev–Trinajstić information content (AvgIpc) is 2.37. The van der Waals surface area contributed by atoms with Gasteiger partial charge in [0.2, 0.25) is 0 Å². The molecule has 0 saturated carbocycles. The molecule has 1 heterocycles. The van der Waals surface area contributed by atoms with Crippen molar-refractivity contribution in [3.8, 4) is 12.3 Å². The molecule has 1 fully saturated rings. The molecule has 4 atom stereocenters. The maximum atomic E-state index is 11.2. The minimum atomic E-state index is -0.884. The van der Waals surface area contributed by atoms with Crippen LogP contribution in [0.3, 0.4) is 0 Å². The molecular formula is C14H18O7. The van der Waals surface area contributed by atoms with Gasteiger partial charge >= 0.3 is 17.9 Å². The average molecular weight is 298 g/mol. The van der Waals surface area contributed by atoms with Crippen molar-refractivity contribution in [1.82, 2.24) is 0 Å². The van der Waals surface area contributed by atoms with Crippen molar-refractivity contribution in [2.45, 2.75) is 51.6 Å². The Morgan fingerprint density at radius 3 is 2.24 bits per heavy atom. The Morgan fingerprint density at radius 2 is 1.76 bits per heavy atom. The lowest BCUT2D eigenvalue weighted by atomic mass is 9.97. The highest BCUT2D eigenvalue weighted by Crippen LogP contribution is 2.25. The first-order chi connectivity index (χ1) is 9.83. The van der Waals surface area contributed by atoms with Crippen molar-refractivity contribution in [1.29, 1.82) is 0 Å². The van der Waals surface area contributed by atoms with Crippen LogP contribution in [-0.4, -0.2) is 48.9 Å². The Labute approximate surface area is 122 Å². The van der Waals surface area contributed by atoms with Gasteiger partial charge in [-0.3, -0.25) is 14.4 Å². The first-order valence-corrected chi connectivity index (χ1v) is 6.42. The standard InChI is InChI=1S/C14H18O7/c1-5-12-14(20-10(4)17)13(19-9(3)16)6-11(21-12)7-18-8(2)15/h1,11-14H,6-7H2,2-4H3/t11?,12-,13+,14-/m0/s1. The van der Waals surface area contributed by atoms with Crippen LogP contribution in [-0.2, 0) is 33.3 Å². The smallest absolute Gasteiger partial charge is 0.303 e. The van der Waals surface area contributed by atoms with Crippen molar-refractivity contribution >= 4 is 17.9 Å². The van der Waals surface area contributed by atoms with Gasteiger partial charge < -0.3 is 18.9 Å². The molecule has 116 valence electrons. The van der Waals surface area contributed by atoms with E-state index in [0.717, 1.165) is 0 Å². The molecule has 1 aliphatic rings. The maximum Gasteiger partial charge on any atom is 0.303 e. The fraction of sp³-hybridized carbons (Fsp3) is 0.643. The third kappa shape index (κ3) is 5.44. The lowest BCUT2D eigenvalue weighted by Gasteiger charge is -2.38. The Bertz CT molecular complexity index is 451. The molecule has 1 unspecified atom stereocenters. The quantitative estimate of drug-likeness (QED) is 0.416. The highest BCUT2D eigenvalue weighted by Gasteiger charge is 2.42. The van der Waals surface area contributed by atoms with Crippen LogP contribution in [0, 0.1) is 12.3 Å². The second-order valence-corrected chi connectivity index (χ2v) is 4.61. The summed E-state index contributed by atoms with van der Waals surface area (Å²) in [6.45, 7) is 3.72. The van der Waals surface area contributed by atoms with Gasteiger partial charge in [0.1, 0.15) is 12.7 Å². The van der Waals surface area contributed by atoms with Gasteiger partial charge in [0, 0.05) is 27.2 Å². The van der Waals surface area contributed by atoms with Crippen LogP contribution in [0.2, 0.25) is 0 Å². The van der Waals surface area contributed by atoms with E-state index in [-0.39, 0.29) is 13.0 Å². The maximum absolute atomic E-state index is 11.2. The zero-order valence-corrected chi connectivity index (χ0v) is 12.2. The van der Waals surface area contributed by atoms with Gasteiger partial charge in [0.15, 0.2) is 12.2 Å². The zero-order chi connectivity index (χ0) is 16.0. The topological polar surface area (TPSA) is 88.1 Å². The number of rotatable bonds is 4. The van der Waals surface area contributed by atoms with Gasteiger partial charge in [-0.25, -0.2) is 0 Å². The largest absolute Gasteiger partial charge is 0.463 e. The van der Waals surface area contributed by atoms with Gasteiger partial charge in [-0.1, -0.05) is 5.92 Å². The van der Waals surface area contributed by atoms with Gasteiger partial charge in [0.05, 0.1) is 6.10 Å². The fourth-order valence-corrected chi connectivity index (χ4v) is 2.04. The molecule has 0 aromatic carbocycles. The summed E-state index contributed by atoms with van der Waals surface area (Å²) in [5.41, 5.74) is 0. The second kappa shape index (κ2) is 7.64. The van der Waals surface area contributed by atoms with Gasteiger partial charge in [-0.15, -0.1) is 6.42 Å². The van der Waals surface area contributed by atoms with E-state index in [4.69, 9.17) is 25.4 Å². The molecule has 0 aromatic heterocycles. The van der Waals surface area contributed by atoms with Crippen LogP contribution in [0.1, 0.15) is 27.2 Å². The van der Waals surface area contributed by atoms with Crippen LogP contribution in [0.25, 0.3) is 0 Å². The number of hydrogen-bond donors (Lipinski definition) is 0. The molecule has 7 heteroatoms. The number of carbonyl (C=O) groups is 3. The molecule has 1 rings (SSSR count). The van der Waals surface area contributed by atoms with Crippen LogP contribution < -0.4 is 0 Å². The molecule has 0 N–H and O–H groups in total. The third-order valence-corrected chi connectivity index (χ3v) is 2.76. The van der Waals surface area contributed by atoms with E-state index in [9.17, 15) is 14.4 Å². The summed E-state index contributed by atoms with van der Waals surface area (Å²) in [6, 6.07) is 0. The van der Waals surface area contributed by atoms with E-state index in [0.29, 0.717) is 0 Å². The Hall–Kier alpha value is -2.07. The van der Waals surface area contributed by atoms with Crippen molar-refractivity contribution in [2.75, 3.05) is 6.61 Å². The van der Waals surface area contributed by atoms with Crippen molar-refractivity contribution in [2.24, 2.45) is 0 Å². The molecule has 0 radical (unpaired) electrons. The highest BCUT2D eigenvalue weighted by atomic mass is 16.6. The number of ether oxygens (including phenoxy) is 4. The number of hydrogen-bond acceptors (Lipinski definition) is 7. The second-order valence-electron chi connectivity index (χ2n) is 4.61. The van der Waals surface area contributed by atoms with E-state index < -0.39 is 42.3 Å². The summed E-state index contributed by atoms with van der Waals surface area (Å²) >= 11 is 0. The minimum Gasteiger partial charge on any atom is -0.463 e. The van der Waals surface area contributed by atoms with E-state index in [1.807, 2.05) is 0 Å². The summed E-state index contributed by atoms with van der Waals surface area (Å²) in [5, 5.41) is 0. The molecule has 21 heavy (non-hydrogen) atoms. The predicted octanol–water partition coefficient (Wildman–Crippen LogP) is 0.204. The first-order valence-electron chi connectivity index (χ1n) is 6.42. The van der Waals surface area contributed by atoms with Crippen LogP contribution in [0.4, 0.5) is 0 Å². The van der Waals surface area contributed by atoms with E-state index >= 15 is 0 Å². The first kappa shape index (κ1) is 17.0. The number of terminal acetylenes is 1. The Morgan fingerprint density at radius 1 is 1.14 bits per heavy atom. The molecule has 0 amide bonds. The van der Waals surface area contributed by atoms with Crippen molar-refractivity contribution in [3.05, 3.63) is 0 Å². The lowest BCUT2D eigenvalue weighted by molar-refractivity contribution is -0.202. The molecule has 1 aliphatic heterocycles. The summed E-state index contributed by atoms with van der Waals surface area (Å²) in [4.78, 5) is 33.1. The molecule has 0 aromatic rings. The molecule has 0 aliphatic carbocycles. The summed E-state index contributed by atoms with van der Waals surface area (Å²) in [7, 11) is 0. The van der Waals surface area contributed by atoms with Gasteiger partial charge in [-0.05, 0) is 0 Å².